The number of benzene rings is 1. The van der Waals surface area contributed by atoms with Crippen LogP contribution in [-0.4, -0.2) is 28.0 Å². The fourth-order valence-corrected chi connectivity index (χ4v) is 3.14. The van der Waals surface area contributed by atoms with Gasteiger partial charge in [0.2, 0.25) is 10.0 Å². The highest BCUT2D eigenvalue weighted by Crippen LogP contribution is 2.19. The van der Waals surface area contributed by atoms with Crippen LogP contribution in [0.1, 0.15) is 43.0 Å². The van der Waals surface area contributed by atoms with Gasteiger partial charge in [-0.1, -0.05) is 26.2 Å². The summed E-state index contributed by atoms with van der Waals surface area (Å²) in [5.74, 6) is -0.728. The molecular formula is C14H22N2O4S. The van der Waals surface area contributed by atoms with E-state index in [1.165, 1.54) is 25.3 Å². The highest BCUT2D eigenvalue weighted by Gasteiger charge is 2.22. The van der Waals surface area contributed by atoms with E-state index < -0.39 is 16.0 Å². The third-order valence-corrected chi connectivity index (χ3v) is 4.54. The number of hydrogen-bond donors (Lipinski definition) is 2. The molecule has 0 heterocycles. The van der Waals surface area contributed by atoms with Gasteiger partial charge in [-0.25, -0.2) is 17.9 Å². The molecule has 0 fully saturated rings. The highest BCUT2D eigenvalue weighted by atomic mass is 32.2. The lowest BCUT2D eigenvalue weighted by atomic mass is 10.2. The molecule has 0 aliphatic heterocycles. The van der Waals surface area contributed by atoms with Crippen molar-refractivity contribution in [2.75, 3.05) is 19.4 Å². The predicted molar refractivity (Wildman–Crippen MR) is 81.5 cm³/mol. The third kappa shape index (κ3) is 5.02. The second-order valence-corrected chi connectivity index (χ2v) is 6.44. The minimum Gasteiger partial charge on any atom is -0.465 e. The molecule has 3 N–H and O–H groups in total. The summed E-state index contributed by atoms with van der Waals surface area (Å²) in [6.07, 6.45) is 3.87. The fourth-order valence-electron chi connectivity index (χ4n) is 1.89. The van der Waals surface area contributed by atoms with Crippen molar-refractivity contribution >= 4 is 21.7 Å². The molecule has 1 rings (SSSR count). The molecule has 1 aromatic carbocycles. The van der Waals surface area contributed by atoms with Gasteiger partial charge in [-0.15, -0.1) is 0 Å². The smallest absolute Gasteiger partial charge is 0.339 e. The van der Waals surface area contributed by atoms with E-state index in [9.17, 15) is 13.2 Å². The Morgan fingerprint density at radius 2 is 2.00 bits per heavy atom. The molecule has 118 valence electrons. The SMILES string of the molecule is CCCCCCNS(=O)(=O)c1ccc(N)cc1C(=O)OC. The van der Waals surface area contributed by atoms with Crippen LogP contribution in [-0.2, 0) is 14.8 Å². The van der Waals surface area contributed by atoms with Crippen molar-refractivity contribution in [2.24, 2.45) is 0 Å². The molecular weight excluding hydrogens is 292 g/mol. The largest absolute Gasteiger partial charge is 0.465 e. The lowest BCUT2D eigenvalue weighted by molar-refractivity contribution is 0.0596. The zero-order chi connectivity index (χ0) is 15.9. The normalized spacial score (nSPS) is 11.3. The van der Waals surface area contributed by atoms with Crippen molar-refractivity contribution in [1.82, 2.24) is 4.72 Å². The standard InChI is InChI=1S/C14H22N2O4S/c1-3-4-5-6-9-16-21(18,19)13-8-7-11(15)10-12(13)14(17)20-2/h7-8,10,16H,3-6,9,15H2,1-2H3. The summed E-state index contributed by atoms with van der Waals surface area (Å²) in [6.45, 7) is 2.43. The van der Waals surface area contributed by atoms with E-state index in [4.69, 9.17) is 5.73 Å². The van der Waals surface area contributed by atoms with Gasteiger partial charge >= 0.3 is 5.97 Å². The maximum Gasteiger partial charge on any atom is 0.339 e. The number of carbonyl (C=O) groups is 1. The molecule has 0 unspecified atom stereocenters. The Bertz CT molecular complexity index is 585. The van der Waals surface area contributed by atoms with Gasteiger partial charge in [-0.3, -0.25) is 0 Å². The number of ether oxygens (including phenoxy) is 1. The van der Waals surface area contributed by atoms with Crippen LogP contribution in [0.2, 0.25) is 0 Å². The van der Waals surface area contributed by atoms with Crippen LogP contribution < -0.4 is 10.5 Å². The van der Waals surface area contributed by atoms with Gasteiger partial charge < -0.3 is 10.5 Å². The zero-order valence-electron chi connectivity index (χ0n) is 12.4. The summed E-state index contributed by atoms with van der Waals surface area (Å²) >= 11 is 0. The minimum atomic E-state index is -3.76. The Kier molecular flexibility index (Phi) is 6.64. The maximum absolute atomic E-state index is 12.3. The lowest BCUT2D eigenvalue weighted by Crippen LogP contribution is -2.26. The van der Waals surface area contributed by atoms with Crippen LogP contribution in [0.15, 0.2) is 23.1 Å². The number of unbranched alkanes of at least 4 members (excludes halogenated alkanes) is 3. The number of sulfonamides is 1. The average Bonchev–Trinajstić information content (AvgIpc) is 2.45. The van der Waals surface area contributed by atoms with Crippen LogP contribution >= 0.6 is 0 Å². The molecule has 21 heavy (non-hydrogen) atoms. The van der Waals surface area contributed by atoms with Gasteiger partial charge in [0.05, 0.1) is 17.6 Å². The number of anilines is 1. The van der Waals surface area contributed by atoms with Crippen LogP contribution in [0.4, 0.5) is 5.69 Å². The Labute approximate surface area is 125 Å². The summed E-state index contributed by atoms with van der Waals surface area (Å²) in [5, 5.41) is 0. The van der Waals surface area contributed by atoms with Crippen molar-refractivity contribution in [3.8, 4) is 0 Å². The van der Waals surface area contributed by atoms with Crippen molar-refractivity contribution in [3.63, 3.8) is 0 Å². The number of hydrogen-bond acceptors (Lipinski definition) is 5. The Hall–Kier alpha value is -1.60. The van der Waals surface area contributed by atoms with Crippen molar-refractivity contribution in [3.05, 3.63) is 23.8 Å². The van der Waals surface area contributed by atoms with Crippen molar-refractivity contribution < 1.29 is 17.9 Å². The number of carbonyl (C=O) groups excluding carboxylic acids is 1. The first-order valence-corrected chi connectivity index (χ1v) is 8.38. The highest BCUT2D eigenvalue weighted by molar-refractivity contribution is 7.89. The van der Waals surface area contributed by atoms with Gasteiger partial charge in [0, 0.05) is 12.2 Å². The van der Waals surface area contributed by atoms with Gasteiger partial charge in [0.1, 0.15) is 0 Å². The van der Waals surface area contributed by atoms with E-state index in [0.717, 1.165) is 25.7 Å². The first-order valence-electron chi connectivity index (χ1n) is 6.90. The quantitative estimate of drug-likeness (QED) is 0.434. The average molecular weight is 314 g/mol. The first-order chi connectivity index (χ1) is 9.92. The summed E-state index contributed by atoms with van der Waals surface area (Å²) < 4.78 is 31.6. The summed E-state index contributed by atoms with van der Waals surface area (Å²) in [6, 6.07) is 4.06. The molecule has 0 saturated carbocycles. The van der Waals surface area contributed by atoms with E-state index in [1.54, 1.807) is 0 Å². The van der Waals surface area contributed by atoms with E-state index in [1.807, 2.05) is 0 Å². The maximum atomic E-state index is 12.3. The second kappa shape index (κ2) is 7.99. The predicted octanol–water partition coefficient (Wildman–Crippen LogP) is 1.91. The molecule has 7 heteroatoms. The molecule has 0 bridgehead atoms. The first kappa shape index (κ1) is 17.5. The van der Waals surface area contributed by atoms with Crippen molar-refractivity contribution in [1.29, 1.82) is 0 Å². The van der Waals surface area contributed by atoms with Crippen molar-refractivity contribution in [2.45, 2.75) is 37.5 Å². The fraction of sp³-hybridized carbons (Fsp3) is 0.500. The van der Waals surface area contributed by atoms with E-state index >= 15 is 0 Å². The Balaban J connectivity index is 2.90. The number of methoxy groups -OCH3 is 1. The lowest BCUT2D eigenvalue weighted by Gasteiger charge is -2.11. The minimum absolute atomic E-state index is 0.0569. The monoisotopic (exact) mass is 314 g/mol. The molecule has 0 aliphatic carbocycles. The van der Waals surface area contributed by atoms with E-state index in [2.05, 4.69) is 16.4 Å². The van der Waals surface area contributed by atoms with Gasteiger partial charge in [-0.05, 0) is 24.6 Å². The molecule has 0 aliphatic rings. The van der Waals surface area contributed by atoms with Crippen LogP contribution in [0.5, 0.6) is 0 Å². The van der Waals surface area contributed by atoms with Gasteiger partial charge in [0.15, 0.2) is 0 Å². The molecule has 6 nitrogen and oxygen atoms in total. The summed E-state index contributed by atoms with van der Waals surface area (Å²) in [4.78, 5) is 11.6. The summed E-state index contributed by atoms with van der Waals surface area (Å²) in [5.41, 5.74) is 5.84. The second-order valence-electron chi connectivity index (χ2n) is 4.71. The molecule has 0 radical (unpaired) electrons. The molecule has 0 atom stereocenters. The Morgan fingerprint density at radius 3 is 2.62 bits per heavy atom. The number of nitrogens with two attached hydrogens (primary N) is 1. The molecule has 1 aromatic rings. The van der Waals surface area contributed by atoms with E-state index in [-0.39, 0.29) is 10.5 Å². The molecule has 0 saturated heterocycles. The Morgan fingerprint density at radius 1 is 1.29 bits per heavy atom. The van der Waals surface area contributed by atoms with Gasteiger partial charge in [0.25, 0.3) is 0 Å². The molecule has 0 aromatic heterocycles. The molecule has 0 spiro atoms. The number of nitrogen functional groups attached to an aromatic ring is 1. The zero-order valence-corrected chi connectivity index (χ0v) is 13.2. The van der Waals surface area contributed by atoms with Crippen LogP contribution in [0, 0.1) is 0 Å². The van der Waals surface area contributed by atoms with Crippen LogP contribution in [0.25, 0.3) is 0 Å². The summed E-state index contributed by atoms with van der Waals surface area (Å²) in [7, 11) is -2.56. The van der Waals surface area contributed by atoms with E-state index in [0.29, 0.717) is 12.2 Å². The topological polar surface area (TPSA) is 98.5 Å². The number of esters is 1. The third-order valence-electron chi connectivity index (χ3n) is 3.02. The van der Waals surface area contributed by atoms with Gasteiger partial charge in [-0.2, -0.15) is 0 Å². The number of rotatable bonds is 8. The number of nitrogens with one attached hydrogen (secondary N) is 1. The molecule has 0 amide bonds. The van der Waals surface area contributed by atoms with Crippen LogP contribution in [0.3, 0.4) is 0 Å².